The zero-order valence-corrected chi connectivity index (χ0v) is 12.9. The number of rotatable bonds is 4. The Kier molecular flexibility index (Phi) is 4.05. The topological polar surface area (TPSA) is 83.2 Å². The molecule has 2 N–H and O–H groups in total. The van der Waals surface area contributed by atoms with Gasteiger partial charge in [0.1, 0.15) is 22.9 Å². The van der Waals surface area contributed by atoms with Crippen LogP contribution in [-0.4, -0.2) is 29.4 Å². The number of methoxy groups -OCH3 is 2. The number of ether oxygens (including phenoxy) is 2. The molecule has 0 spiro atoms. The summed E-state index contributed by atoms with van der Waals surface area (Å²) in [5, 5.41) is 8.09. The molecule has 0 aliphatic heterocycles. The van der Waals surface area contributed by atoms with Crippen molar-refractivity contribution in [2.24, 2.45) is 0 Å². The molecule has 0 saturated carbocycles. The average Bonchev–Trinajstić information content (AvgIpc) is 2.62. The van der Waals surface area contributed by atoms with Crippen LogP contribution >= 0.6 is 0 Å². The van der Waals surface area contributed by atoms with E-state index in [0.717, 1.165) is 22.6 Å². The lowest BCUT2D eigenvalue weighted by Gasteiger charge is -2.09. The van der Waals surface area contributed by atoms with Crippen LogP contribution in [0.25, 0.3) is 22.5 Å². The maximum Gasteiger partial charge on any atom is 0.240 e. The summed E-state index contributed by atoms with van der Waals surface area (Å²) >= 11 is 0. The van der Waals surface area contributed by atoms with Crippen molar-refractivity contribution in [1.29, 1.82) is 0 Å². The van der Waals surface area contributed by atoms with Gasteiger partial charge < -0.3 is 15.2 Å². The quantitative estimate of drug-likeness (QED) is 0.798. The highest BCUT2D eigenvalue weighted by Crippen LogP contribution is 2.30. The molecule has 0 unspecified atom stereocenters. The molecule has 2 aromatic carbocycles. The number of aromatic nitrogens is 3. The van der Waals surface area contributed by atoms with Gasteiger partial charge in [-0.15, -0.1) is 10.2 Å². The number of benzene rings is 2. The van der Waals surface area contributed by atoms with Gasteiger partial charge in [-0.1, -0.05) is 0 Å². The molecular formula is C17H16N4O2. The zero-order chi connectivity index (χ0) is 16.2. The lowest BCUT2D eigenvalue weighted by Crippen LogP contribution is -2.02. The van der Waals surface area contributed by atoms with Gasteiger partial charge in [0.25, 0.3) is 0 Å². The molecule has 0 radical (unpaired) electrons. The van der Waals surface area contributed by atoms with Crippen molar-refractivity contribution in [3.8, 4) is 34.0 Å². The number of nitrogens with two attached hydrogens (primary N) is 1. The molecular weight excluding hydrogens is 292 g/mol. The molecule has 23 heavy (non-hydrogen) atoms. The molecule has 1 aromatic heterocycles. The van der Waals surface area contributed by atoms with E-state index < -0.39 is 0 Å². The van der Waals surface area contributed by atoms with E-state index in [4.69, 9.17) is 15.2 Å². The summed E-state index contributed by atoms with van der Waals surface area (Å²) in [6.45, 7) is 0. The van der Waals surface area contributed by atoms with Crippen LogP contribution < -0.4 is 15.2 Å². The molecule has 0 atom stereocenters. The Balaban J connectivity index is 2.09. The van der Waals surface area contributed by atoms with Crippen molar-refractivity contribution in [1.82, 2.24) is 15.2 Å². The van der Waals surface area contributed by atoms with Gasteiger partial charge in [0.2, 0.25) is 5.95 Å². The third-order valence-electron chi connectivity index (χ3n) is 3.43. The van der Waals surface area contributed by atoms with Crippen molar-refractivity contribution in [2.45, 2.75) is 0 Å². The Hall–Kier alpha value is -3.15. The number of hydrogen-bond acceptors (Lipinski definition) is 6. The van der Waals surface area contributed by atoms with Crippen molar-refractivity contribution >= 4 is 5.95 Å². The lowest BCUT2D eigenvalue weighted by molar-refractivity contribution is 0.414. The Bertz CT molecular complexity index is 802. The van der Waals surface area contributed by atoms with Gasteiger partial charge in [-0.2, -0.15) is 0 Å². The predicted molar refractivity (Wildman–Crippen MR) is 88.2 cm³/mol. The minimum absolute atomic E-state index is 0.132. The maximum absolute atomic E-state index is 5.72. The molecule has 3 aromatic rings. The van der Waals surface area contributed by atoms with Crippen molar-refractivity contribution < 1.29 is 9.47 Å². The first-order valence-electron chi connectivity index (χ1n) is 7.00. The fourth-order valence-corrected chi connectivity index (χ4v) is 2.23. The van der Waals surface area contributed by atoms with E-state index in [0.29, 0.717) is 11.4 Å². The monoisotopic (exact) mass is 308 g/mol. The van der Waals surface area contributed by atoms with Crippen molar-refractivity contribution in [3.63, 3.8) is 0 Å². The number of nitrogens with zero attached hydrogens (tertiary/aromatic N) is 3. The fraction of sp³-hybridized carbons (Fsp3) is 0.118. The summed E-state index contributed by atoms with van der Waals surface area (Å²) in [5.74, 6) is 1.68. The first kappa shape index (κ1) is 14.8. The van der Waals surface area contributed by atoms with E-state index in [1.807, 2.05) is 48.5 Å². The second-order valence-corrected chi connectivity index (χ2v) is 4.82. The summed E-state index contributed by atoms with van der Waals surface area (Å²) in [7, 11) is 3.25. The lowest BCUT2D eigenvalue weighted by atomic mass is 10.0. The Labute approximate surface area is 133 Å². The minimum Gasteiger partial charge on any atom is -0.497 e. The van der Waals surface area contributed by atoms with Gasteiger partial charge >= 0.3 is 0 Å². The SMILES string of the molecule is COc1ccc(-c2nnc(N)nc2-c2ccc(OC)cc2)cc1. The molecule has 0 amide bonds. The predicted octanol–water partition coefficient (Wildman–Crippen LogP) is 2.81. The van der Waals surface area contributed by atoms with Gasteiger partial charge in [0.15, 0.2) is 0 Å². The molecule has 0 saturated heterocycles. The van der Waals surface area contributed by atoms with Crippen LogP contribution in [0.15, 0.2) is 48.5 Å². The summed E-state index contributed by atoms with van der Waals surface area (Å²) in [6, 6.07) is 15.1. The normalized spacial score (nSPS) is 10.3. The number of nitrogen functional groups attached to an aromatic ring is 1. The molecule has 3 rings (SSSR count). The Morgan fingerprint density at radius 1 is 0.696 bits per heavy atom. The third kappa shape index (κ3) is 3.06. The number of anilines is 1. The maximum atomic E-state index is 5.72. The first-order valence-corrected chi connectivity index (χ1v) is 7.00. The fourth-order valence-electron chi connectivity index (χ4n) is 2.23. The van der Waals surface area contributed by atoms with Crippen LogP contribution in [-0.2, 0) is 0 Å². The molecule has 0 aliphatic rings. The van der Waals surface area contributed by atoms with Crippen LogP contribution in [0.2, 0.25) is 0 Å². The van der Waals surface area contributed by atoms with E-state index in [2.05, 4.69) is 15.2 Å². The van der Waals surface area contributed by atoms with Gasteiger partial charge in [0, 0.05) is 11.1 Å². The summed E-state index contributed by atoms with van der Waals surface area (Å²) in [5.41, 5.74) is 8.82. The second kappa shape index (κ2) is 6.31. The molecule has 0 aliphatic carbocycles. The Morgan fingerprint density at radius 2 is 1.17 bits per heavy atom. The van der Waals surface area contributed by atoms with Gasteiger partial charge in [-0.3, -0.25) is 0 Å². The third-order valence-corrected chi connectivity index (χ3v) is 3.43. The molecule has 116 valence electrons. The second-order valence-electron chi connectivity index (χ2n) is 4.82. The Morgan fingerprint density at radius 3 is 1.65 bits per heavy atom. The summed E-state index contributed by atoms with van der Waals surface area (Å²) in [4.78, 5) is 4.35. The highest BCUT2D eigenvalue weighted by Gasteiger charge is 2.13. The van der Waals surface area contributed by atoms with Crippen molar-refractivity contribution in [2.75, 3.05) is 20.0 Å². The largest absolute Gasteiger partial charge is 0.497 e. The van der Waals surface area contributed by atoms with Crippen LogP contribution in [0, 0.1) is 0 Å². The standard InChI is InChI=1S/C17H16N4O2/c1-22-13-7-3-11(4-8-13)15-16(20-21-17(18)19-15)12-5-9-14(23-2)10-6-12/h3-10H,1-2H3,(H2,18,19,21). The van der Waals surface area contributed by atoms with Gasteiger partial charge in [0.05, 0.1) is 14.2 Å². The first-order chi connectivity index (χ1) is 11.2. The van der Waals surface area contributed by atoms with Crippen LogP contribution in [0.5, 0.6) is 11.5 Å². The molecule has 6 nitrogen and oxygen atoms in total. The molecule has 6 heteroatoms. The molecule has 0 fully saturated rings. The van der Waals surface area contributed by atoms with Gasteiger partial charge in [-0.05, 0) is 48.5 Å². The highest BCUT2D eigenvalue weighted by atomic mass is 16.5. The van der Waals surface area contributed by atoms with Crippen molar-refractivity contribution in [3.05, 3.63) is 48.5 Å². The van der Waals surface area contributed by atoms with E-state index in [1.165, 1.54) is 0 Å². The molecule has 1 heterocycles. The van der Waals surface area contributed by atoms with E-state index in [9.17, 15) is 0 Å². The van der Waals surface area contributed by atoms with E-state index >= 15 is 0 Å². The summed E-state index contributed by atoms with van der Waals surface area (Å²) in [6.07, 6.45) is 0. The van der Waals surface area contributed by atoms with E-state index in [-0.39, 0.29) is 5.95 Å². The average molecular weight is 308 g/mol. The highest BCUT2D eigenvalue weighted by molar-refractivity contribution is 5.78. The minimum atomic E-state index is 0.132. The zero-order valence-electron chi connectivity index (χ0n) is 12.9. The van der Waals surface area contributed by atoms with Crippen LogP contribution in [0.4, 0.5) is 5.95 Å². The van der Waals surface area contributed by atoms with E-state index in [1.54, 1.807) is 14.2 Å². The smallest absolute Gasteiger partial charge is 0.240 e. The molecule has 0 bridgehead atoms. The summed E-state index contributed by atoms with van der Waals surface area (Å²) < 4.78 is 10.4. The van der Waals surface area contributed by atoms with Crippen LogP contribution in [0.1, 0.15) is 0 Å². The number of hydrogen-bond donors (Lipinski definition) is 1. The van der Waals surface area contributed by atoms with Crippen LogP contribution in [0.3, 0.4) is 0 Å². The van der Waals surface area contributed by atoms with Gasteiger partial charge in [-0.25, -0.2) is 4.98 Å².